The number of anilines is 1. The van der Waals surface area contributed by atoms with Gasteiger partial charge in [0, 0.05) is 28.6 Å². The van der Waals surface area contributed by atoms with Gasteiger partial charge in [0.25, 0.3) is 0 Å². The van der Waals surface area contributed by atoms with E-state index in [1.54, 1.807) is 18.2 Å². The Balaban J connectivity index is 1.57. The van der Waals surface area contributed by atoms with Crippen molar-refractivity contribution in [2.75, 3.05) is 5.32 Å². The van der Waals surface area contributed by atoms with Crippen LogP contribution in [0.2, 0.25) is 0 Å². The molecule has 0 aliphatic carbocycles. The number of para-hydroxylation sites is 1. The molecule has 0 aliphatic rings. The number of nitrogens with one attached hydrogen (secondary N) is 2. The lowest BCUT2D eigenvalue weighted by molar-refractivity contribution is -0.111. The lowest BCUT2D eigenvalue weighted by atomic mass is 10.1. The van der Waals surface area contributed by atoms with Crippen LogP contribution in [0, 0.1) is 26.6 Å². The van der Waals surface area contributed by atoms with Gasteiger partial charge in [-0.1, -0.05) is 30.3 Å². The predicted octanol–water partition coefficient (Wildman–Crippen LogP) is 4.98. The number of nitrogens with zero attached hydrogens (tertiary/aromatic N) is 3. The zero-order chi connectivity index (χ0) is 22.0. The molecule has 0 saturated carbocycles. The number of carbonyl (C=O) groups is 1. The second kappa shape index (κ2) is 8.39. The van der Waals surface area contributed by atoms with E-state index < -0.39 is 0 Å². The molecule has 156 valence electrons. The topological polar surface area (TPSA) is 75.6 Å². The lowest BCUT2D eigenvalue weighted by Gasteiger charge is -2.05. The summed E-state index contributed by atoms with van der Waals surface area (Å²) in [7, 11) is 0. The maximum atomic E-state index is 13.7. The van der Waals surface area contributed by atoms with Crippen molar-refractivity contribution < 1.29 is 9.18 Å². The molecule has 0 unspecified atom stereocenters. The molecule has 2 N–H and O–H groups in total. The lowest BCUT2D eigenvalue weighted by Crippen LogP contribution is -2.09. The molecule has 2 aromatic heterocycles. The molecule has 2 heterocycles. The highest BCUT2D eigenvalue weighted by molar-refractivity contribution is 6.03. The Labute approximate surface area is 179 Å². The van der Waals surface area contributed by atoms with Crippen molar-refractivity contribution in [1.29, 1.82) is 0 Å². The molecule has 4 aromatic rings. The molecule has 1 amide bonds. The Morgan fingerprint density at radius 3 is 2.61 bits per heavy atom. The fourth-order valence-corrected chi connectivity index (χ4v) is 3.55. The first kappa shape index (κ1) is 20.3. The number of aryl methyl sites for hydroxylation is 2. The zero-order valence-electron chi connectivity index (χ0n) is 17.5. The van der Waals surface area contributed by atoms with Crippen LogP contribution in [0.4, 0.5) is 10.2 Å². The van der Waals surface area contributed by atoms with Gasteiger partial charge >= 0.3 is 0 Å². The third-order valence-electron chi connectivity index (χ3n) is 5.05. The highest BCUT2D eigenvalue weighted by Gasteiger charge is 2.15. The number of aromatic nitrogens is 4. The van der Waals surface area contributed by atoms with E-state index >= 15 is 0 Å². The monoisotopic (exact) mass is 415 g/mol. The first-order chi connectivity index (χ1) is 14.9. The Hall–Kier alpha value is -4.00. The fraction of sp³-hybridized carbons (Fsp3) is 0.125. The van der Waals surface area contributed by atoms with Crippen molar-refractivity contribution in [3.05, 3.63) is 89.1 Å². The smallest absolute Gasteiger partial charge is 0.249 e. The van der Waals surface area contributed by atoms with Crippen LogP contribution in [0.5, 0.6) is 0 Å². The van der Waals surface area contributed by atoms with Gasteiger partial charge in [0.1, 0.15) is 5.82 Å². The summed E-state index contributed by atoms with van der Waals surface area (Å²) in [6.45, 7) is 5.69. The number of benzene rings is 2. The van der Waals surface area contributed by atoms with Crippen LogP contribution in [0.15, 0.2) is 60.7 Å². The molecule has 0 radical (unpaired) electrons. The Morgan fingerprint density at radius 2 is 1.87 bits per heavy atom. The number of rotatable bonds is 5. The van der Waals surface area contributed by atoms with Gasteiger partial charge in [0.15, 0.2) is 5.82 Å². The van der Waals surface area contributed by atoms with Gasteiger partial charge in [-0.2, -0.15) is 10.2 Å². The molecule has 0 atom stereocenters. The van der Waals surface area contributed by atoms with E-state index in [1.165, 1.54) is 18.2 Å². The van der Waals surface area contributed by atoms with Crippen molar-refractivity contribution >= 4 is 17.8 Å². The summed E-state index contributed by atoms with van der Waals surface area (Å²) in [5.74, 6) is -0.335. The standard InChI is InChI=1S/C24H22FN5O/c1-15-21(17(3)30(29-15)20-10-5-4-6-11-20)12-13-22(31)26-24-23(16(2)27-28-24)18-8-7-9-19(25)14-18/h4-14H,1-3H3,(H2,26,27,28,31)/b13-12+. The van der Waals surface area contributed by atoms with Gasteiger partial charge in [-0.05, 0) is 56.7 Å². The zero-order valence-corrected chi connectivity index (χ0v) is 17.5. The normalized spacial score (nSPS) is 11.2. The highest BCUT2D eigenvalue weighted by Crippen LogP contribution is 2.30. The van der Waals surface area contributed by atoms with Gasteiger partial charge in [-0.3, -0.25) is 9.89 Å². The first-order valence-corrected chi connectivity index (χ1v) is 9.85. The number of H-pyrrole nitrogens is 1. The maximum Gasteiger partial charge on any atom is 0.249 e. The third kappa shape index (κ3) is 4.16. The van der Waals surface area contributed by atoms with Crippen molar-refractivity contribution in [2.24, 2.45) is 0 Å². The van der Waals surface area contributed by atoms with Crippen LogP contribution in [0.25, 0.3) is 22.9 Å². The Morgan fingerprint density at radius 1 is 1.10 bits per heavy atom. The number of carbonyl (C=O) groups excluding carboxylic acids is 1. The van der Waals surface area contributed by atoms with Gasteiger partial charge in [-0.15, -0.1) is 0 Å². The molecule has 0 bridgehead atoms. The number of halogens is 1. The van der Waals surface area contributed by atoms with Crippen LogP contribution in [0.1, 0.15) is 22.6 Å². The largest absolute Gasteiger partial charge is 0.305 e. The average Bonchev–Trinajstić information content (AvgIpc) is 3.25. The Bertz CT molecular complexity index is 1270. The molecule has 6 nitrogen and oxygen atoms in total. The summed E-state index contributed by atoms with van der Waals surface area (Å²) in [4.78, 5) is 12.6. The summed E-state index contributed by atoms with van der Waals surface area (Å²) < 4.78 is 15.5. The van der Waals surface area contributed by atoms with Gasteiger partial charge in [0.2, 0.25) is 5.91 Å². The van der Waals surface area contributed by atoms with Crippen molar-refractivity contribution in [1.82, 2.24) is 20.0 Å². The average molecular weight is 415 g/mol. The summed E-state index contributed by atoms with van der Waals surface area (Å²) >= 11 is 0. The van der Waals surface area contributed by atoms with Crippen molar-refractivity contribution in [3.8, 4) is 16.8 Å². The molecule has 0 spiro atoms. The Kier molecular flexibility index (Phi) is 5.49. The summed E-state index contributed by atoms with van der Waals surface area (Å²) in [5, 5.41) is 14.4. The van der Waals surface area contributed by atoms with Crippen molar-refractivity contribution in [3.63, 3.8) is 0 Å². The molecule has 7 heteroatoms. The van der Waals surface area contributed by atoms with Gasteiger partial charge in [-0.25, -0.2) is 9.07 Å². The summed E-state index contributed by atoms with van der Waals surface area (Å²) in [5.41, 5.74) is 5.62. The minimum Gasteiger partial charge on any atom is -0.305 e. The van der Waals surface area contributed by atoms with Gasteiger partial charge in [0.05, 0.1) is 11.4 Å². The summed E-state index contributed by atoms with van der Waals surface area (Å²) in [6, 6.07) is 16.0. The van der Waals surface area contributed by atoms with E-state index in [2.05, 4.69) is 20.6 Å². The minimum absolute atomic E-state index is 0.338. The summed E-state index contributed by atoms with van der Waals surface area (Å²) in [6.07, 6.45) is 3.19. The van der Waals surface area contributed by atoms with Crippen LogP contribution >= 0.6 is 0 Å². The second-order valence-corrected chi connectivity index (χ2v) is 7.24. The second-order valence-electron chi connectivity index (χ2n) is 7.24. The van der Waals surface area contributed by atoms with Crippen LogP contribution in [0.3, 0.4) is 0 Å². The molecule has 2 aromatic carbocycles. The number of hydrogen-bond acceptors (Lipinski definition) is 3. The molecule has 0 aliphatic heterocycles. The quantitative estimate of drug-likeness (QED) is 0.452. The highest BCUT2D eigenvalue weighted by atomic mass is 19.1. The van der Waals surface area contributed by atoms with E-state index in [9.17, 15) is 9.18 Å². The molecular weight excluding hydrogens is 393 g/mol. The fourth-order valence-electron chi connectivity index (χ4n) is 3.55. The number of aromatic amines is 1. The minimum atomic E-state index is -0.350. The van der Waals surface area contributed by atoms with Crippen LogP contribution in [-0.2, 0) is 4.79 Å². The van der Waals surface area contributed by atoms with E-state index in [4.69, 9.17) is 0 Å². The molecule has 0 fully saturated rings. The first-order valence-electron chi connectivity index (χ1n) is 9.85. The van der Waals surface area contributed by atoms with E-state index in [-0.39, 0.29) is 11.7 Å². The molecule has 0 saturated heterocycles. The number of amides is 1. The molecular formula is C24H22FN5O. The maximum absolute atomic E-state index is 13.7. The van der Waals surface area contributed by atoms with Crippen molar-refractivity contribution in [2.45, 2.75) is 20.8 Å². The molecule has 4 rings (SSSR count). The van der Waals surface area contributed by atoms with Crippen LogP contribution < -0.4 is 5.32 Å². The van der Waals surface area contributed by atoms with E-state index in [0.29, 0.717) is 16.9 Å². The van der Waals surface area contributed by atoms with E-state index in [1.807, 2.05) is 55.8 Å². The third-order valence-corrected chi connectivity index (χ3v) is 5.05. The predicted molar refractivity (Wildman–Crippen MR) is 119 cm³/mol. The van der Waals surface area contributed by atoms with Crippen LogP contribution in [-0.4, -0.2) is 25.9 Å². The SMILES string of the molecule is Cc1nn(-c2ccccc2)c(C)c1/C=C/C(=O)Nc1n[nH]c(C)c1-c1cccc(F)c1. The van der Waals surface area contributed by atoms with E-state index in [0.717, 1.165) is 28.3 Å². The number of hydrogen-bond donors (Lipinski definition) is 2. The van der Waals surface area contributed by atoms with Gasteiger partial charge < -0.3 is 5.32 Å². The molecule has 31 heavy (non-hydrogen) atoms.